The molecule has 0 unspecified atom stereocenters. The molecule has 0 atom stereocenters. The Kier molecular flexibility index (Phi) is 2.82. The third-order valence-electron chi connectivity index (χ3n) is 1.23. The summed E-state index contributed by atoms with van der Waals surface area (Å²) in [6.45, 7) is 0. The molecule has 0 fully saturated rings. The first-order valence-electron chi connectivity index (χ1n) is 3.52. The number of hydrazine groups is 1. The van der Waals surface area contributed by atoms with Gasteiger partial charge in [0, 0.05) is 14.1 Å². The Labute approximate surface area is 71.4 Å². The minimum Gasteiger partial charge on any atom is -0.491 e. The lowest BCUT2D eigenvalue weighted by Crippen LogP contribution is -2.20. The molecule has 66 valence electrons. The Balaban J connectivity index is 2.82. The van der Waals surface area contributed by atoms with Crippen molar-refractivity contribution in [2.24, 2.45) is 0 Å². The van der Waals surface area contributed by atoms with E-state index in [-0.39, 0.29) is 0 Å². The molecule has 1 rings (SSSR count). The molecule has 0 aromatic carbocycles. The number of anilines is 1. The normalized spacial score (nSPS) is 10.0. The molecule has 0 saturated heterocycles. The minimum atomic E-state index is 0.631. The number of nitrogens with zero attached hydrogens (tertiary/aromatic N) is 3. The first-order valence-corrected chi connectivity index (χ1v) is 3.52. The second-order valence-electron chi connectivity index (χ2n) is 2.45. The van der Waals surface area contributed by atoms with Crippen LogP contribution in [0.3, 0.4) is 0 Å². The molecule has 1 heterocycles. The van der Waals surface area contributed by atoms with Crippen LogP contribution in [0.5, 0.6) is 5.75 Å². The summed E-state index contributed by atoms with van der Waals surface area (Å²) in [5.74, 6) is 1.30. The van der Waals surface area contributed by atoms with Gasteiger partial charge in [-0.25, -0.2) is 15.0 Å². The maximum absolute atomic E-state index is 5.03. The summed E-state index contributed by atoms with van der Waals surface area (Å²) >= 11 is 0. The summed E-state index contributed by atoms with van der Waals surface area (Å²) in [4.78, 5) is 7.83. The standard InChI is InChI=1S/C7H12N4O/c1-11(2)10-7-6(12-3)4-8-5-9-7/h4-5H,1-3H3,(H,8,9,10). The highest BCUT2D eigenvalue weighted by molar-refractivity contribution is 5.46. The summed E-state index contributed by atoms with van der Waals surface area (Å²) in [5.41, 5.74) is 2.98. The second kappa shape index (κ2) is 3.87. The lowest BCUT2D eigenvalue weighted by atomic mass is 10.5. The molecule has 0 saturated carbocycles. The molecule has 0 spiro atoms. The maximum Gasteiger partial charge on any atom is 0.186 e. The van der Waals surface area contributed by atoms with E-state index in [4.69, 9.17) is 4.74 Å². The topological polar surface area (TPSA) is 50.3 Å². The fourth-order valence-electron chi connectivity index (χ4n) is 0.762. The minimum absolute atomic E-state index is 0.631. The first kappa shape index (κ1) is 8.73. The zero-order valence-electron chi connectivity index (χ0n) is 7.40. The summed E-state index contributed by atoms with van der Waals surface area (Å²) in [6.07, 6.45) is 3.08. The van der Waals surface area contributed by atoms with Crippen LogP contribution in [0.2, 0.25) is 0 Å². The fraction of sp³-hybridized carbons (Fsp3) is 0.429. The van der Waals surface area contributed by atoms with Crippen LogP contribution in [-0.4, -0.2) is 36.2 Å². The van der Waals surface area contributed by atoms with E-state index in [1.165, 1.54) is 6.33 Å². The number of hydrogen-bond acceptors (Lipinski definition) is 5. The molecule has 0 radical (unpaired) electrons. The largest absolute Gasteiger partial charge is 0.491 e. The molecule has 1 aromatic heterocycles. The third-order valence-corrected chi connectivity index (χ3v) is 1.23. The Morgan fingerprint density at radius 3 is 2.83 bits per heavy atom. The maximum atomic E-state index is 5.03. The zero-order valence-corrected chi connectivity index (χ0v) is 7.40. The Hall–Kier alpha value is -1.36. The van der Waals surface area contributed by atoms with Crippen LogP contribution in [0.1, 0.15) is 0 Å². The van der Waals surface area contributed by atoms with E-state index in [9.17, 15) is 0 Å². The molecule has 0 aliphatic carbocycles. The SMILES string of the molecule is COc1cncnc1NN(C)C. The molecule has 0 amide bonds. The lowest BCUT2D eigenvalue weighted by Gasteiger charge is -2.13. The molecule has 12 heavy (non-hydrogen) atoms. The van der Waals surface area contributed by atoms with Crippen molar-refractivity contribution < 1.29 is 4.74 Å². The number of rotatable bonds is 3. The van der Waals surface area contributed by atoms with Gasteiger partial charge in [0.15, 0.2) is 11.6 Å². The van der Waals surface area contributed by atoms with Crippen molar-refractivity contribution in [1.82, 2.24) is 15.0 Å². The van der Waals surface area contributed by atoms with E-state index in [0.29, 0.717) is 11.6 Å². The van der Waals surface area contributed by atoms with Crippen molar-refractivity contribution in [2.75, 3.05) is 26.6 Å². The quantitative estimate of drug-likeness (QED) is 0.661. The second-order valence-corrected chi connectivity index (χ2v) is 2.45. The first-order chi connectivity index (χ1) is 5.74. The van der Waals surface area contributed by atoms with E-state index < -0.39 is 0 Å². The molecule has 0 bridgehead atoms. The molecular formula is C7H12N4O. The predicted octanol–water partition coefficient (Wildman–Crippen LogP) is 0.374. The van der Waals surface area contributed by atoms with E-state index in [1.54, 1.807) is 18.3 Å². The highest BCUT2D eigenvalue weighted by Crippen LogP contribution is 2.18. The number of hydrogen-bond donors (Lipinski definition) is 1. The Bertz CT molecular complexity index is 251. The highest BCUT2D eigenvalue weighted by atomic mass is 16.5. The van der Waals surface area contributed by atoms with Crippen molar-refractivity contribution in [1.29, 1.82) is 0 Å². The van der Waals surface area contributed by atoms with Crippen LogP contribution in [0.15, 0.2) is 12.5 Å². The van der Waals surface area contributed by atoms with Crippen molar-refractivity contribution >= 4 is 5.82 Å². The smallest absolute Gasteiger partial charge is 0.186 e. The van der Waals surface area contributed by atoms with Crippen LogP contribution in [0.25, 0.3) is 0 Å². The van der Waals surface area contributed by atoms with Crippen LogP contribution < -0.4 is 10.2 Å². The van der Waals surface area contributed by atoms with Gasteiger partial charge >= 0.3 is 0 Å². The van der Waals surface area contributed by atoms with E-state index in [1.807, 2.05) is 14.1 Å². The molecule has 1 N–H and O–H groups in total. The Morgan fingerprint density at radius 2 is 2.25 bits per heavy atom. The number of ether oxygens (including phenoxy) is 1. The van der Waals surface area contributed by atoms with Crippen LogP contribution in [0, 0.1) is 0 Å². The van der Waals surface area contributed by atoms with Gasteiger partial charge in [-0.05, 0) is 0 Å². The van der Waals surface area contributed by atoms with E-state index in [2.05, 4.69) is 15.4 Å². The van der Waals surface area contributed by atoms with Gasteiger partial charge in [-0.1, -0.05) is 0 Å². The molecule has 5 nitrogen and oxygen atoms in total. The van der Waals surface area contributed by atoms with Gasteiger partial charge in [0.25, 0.3) is 0 Å². The average molecular weight is 168 g/mol. The third kappa shape index (κ3) is 2.06. The van der Waals surface area contributed by atoms with Crippen LogP contribution in [-0.2, 0) is 0 Å². The average Bonchev–Trinajstić information content (AvgIpc) is 2.04. The zero-order chi connectivity index (χ0) is 8.97. The lowest BCUT2D eigenvalue weighted by molar-refractivity contribution is 0.405. The predicted molar refractivity (Wildman–Crippen MR) is 45.9 cm³/mol. The van der Waals surface area contributed by atoms with Gasteiger partial charge in [-0.15, -0.1) is 0 Å². The van der Waals surface area contributed by atoms with Gasteiger partial charge in [0.05, 0.1) is 13.3 Å². The molecular weight excluding hydrogens is 156 g/mol. The summed E-state index contributed by atoms with van der Waals surface area (Å²) < 4.78 is 5.03. The molecule has 0 aliphatic heterocycles. The van der Waals surface area contributed by atoms with Crippen LogP contribution in [0.4, 0.5) is 5.82 Å². The van der Waals surface area contributed by atoms with Gasteiger partial charge in [0.2, 0.25) is 0 Å². The number of methoxy groups -OCH3 is 1. The number of aromatic nitrogens is 2. The van der Waals surface area contributed by atoms with Crippen molar-refractivity contribution in [3.8, 4) is 5.75 Å². The summed E-state index contributed by atoms with van der Waals surface area (Å²) in [7, 11) is 5.34. The van der Waals surface area contributed by atoms with Gasteiger partial charge in [-0.2, -0.15) is 0 Å². The van der Waals surface area contributed by atoms with Crippen molar-refractivity contribution in [2.45, 2.75) is 0 Å². The highest BCUT2D eigenvalue weighted by Gasteiger charge is 2.02. The monoisotopic (exact) mass is 168 g/mol. The van der Waals surface area contributed by atoms with E-state index in [0.717, 1.165) is 0 Å². The fourth-order valence-corrected chi connectivity index (χ4v) is 0.762. The summed E-state index contributed by atoms with van der Waals surface area (Å²) in [5, 5.41) is 1.78. The molecule has 0 aliphatic rings. The molecule has 5 heteroatoms. The van der Waals surface area contributed by atoms with Gasteiger partial charge in [-0.3, -0.25) is 0 Å². The van der Waals surface area contributed by atoms with Crippen LogP contribution >= 0.6 is 0 Å². The van der Waals surface area contributed by atoms with Crippen molar-refractivity contribution in [3.63, 3.8) is 0 Å². The van der Waals surface area contributed by atoms with Gasteiger partial charge < -0.3 is 10.2 Å². The summed E-state index contributed by atoms with van der Waals surface area (Å²) in [6, 6.07) is 0. The Morgan fingerprint density at radius 1 is 1.50 bits per heavy atom. The number of nitrogens with one attached hydrogen (secondary N) is 1. The molecule has 1 aromatic rings. The van der Waals surface area contributed by atoms with E-state index >= 15 is 0 Å². The van der Waals surface area contributed by atoms with Crippen molar-refractivity contribution in [3.05, 3.63) is 12.5 Å². The van der Waals surface area contributed by atoms with Gasteiger partial charge in [0.1, 0.15) is 6.33 Å².